The molecule has 0 aromatic rings. The number of piperazine rings is 1. The standard InChI is InChI=1S/C14H27F3N2O/c1-3-5-12-10-19(13(6-4-2)9-18-12)7-8-20-11-14(15,16)17/h12-13,18H,3-11H2,1-2H3. The van der Waals surface area contributed by atoms with Crippen LogP contribution in [-0.2, 0) is 4.74 Å². The molecule has 1 saturated heterocycles. The molecule has 2 atom stereocenters. The third kappa shape index (κ3) is 6.90. The van der Waals surface area contributed by atoms with Crippen molar-refractivity contribution in [2.45, 2.75) is 57.8 Å². The number of halogens is 3. The molecule has 1 rings (SSSR count). The summed E-state index contributed by atoms with van der Waals surface area (Å²) in [7, 11) is 0. The monoisotopic (exact) mass is 296 g/mol. The summed E-state index contributed by atoms with van der Waals surface area (Å²) in [5.41, 5.74) is 0. The highest BCUT2D eigenvalue weighted by molar-refractivity contribution is 4.85. The van der Waals surface area contributed by atoms with Crippen LogP contribution in [-0.4, -0.2) is 56.0 Å². The Morgan fingerprint density at radius 1 is 1.20 bits per heavy atom. The molecule has 2 unspecified atom stereocenters. The van der Waals surface area contributed by atoms with Crippen molar-refractivity contribution in [3.63, 3.8) is 0 Å². The van der Waals surface area contributed by atoms with Gasteiger partial charge in [-0.15, -0.1) is 0 Å². The van der Waals surface area contributed by atoms with Crippen molar-refractivity contribution in [2.75, 3.05) is 32.8 Å². The van der Waals surface area contributed by atoms with E-state index in [0.29, 0.717) is 18.6 Å². The first kappa shape index (κ1) is 17.7. The maximum absolute atomic E-state index is 12.0. The third-order valence-electron chi connectivity index (χ3n) is 3.66. The van der Waals surface area contributed by atoms with Gasteiger partial charge in [0.1, 0.15) is 6.61 Å². The maximum atomic E-state index is 12.0. The number of ether oxygens (including phenoxy) is 1. The van der Waals surface area contributed by atoms with E-state index in [1.165, 1.54) is 0 Å². The van der Waals surface area contributed by atoms with E-state index in [4.69, 9.17) is 4.74 Å². The lowest BCUT2D eigenvalue weighted by molar-refractivity contribution is -0.175. The Bertz CT molecular complexity index is 261. The normalized spacial score (nSPS) is 25.1. The summed E-state index contributed by atoms with van der Waals surface area (Å²) in [6.07, 6.45) is 0.167. The summed E-state index contributed by atoms with van der Waals surface area (Å²) in [6.45, 7) is 5.72. The quantitative estimate of drug-likeness (QED) is 0.697. The lowest BCUT2D eigenvalue weighted by atomic mass is 10.0. The summed E-state index contributed by atoms with van der Waals surface area (Å²) in [5, 5.41) is 3.54. The number of nitrogens with one attached hydrogen (secondary N) is 1. The minimum absolute atomic E-state index is 0.151. The molecule has 1 N–H and O–H groups in total. The molecule has 0 saturated carbocycles. The lowest BCUT2D eigenvalue weighted by Gasteiger charge is -2.40. The van der Waals surface area contributed by atoms with Crippen LogP contribution in [0, 0.1) is 0 Å². The SMILES string of the molecule is CCCC1CN(CCOCC(F)(F)F)C(CCC)CN1. The smallest absolute Gasteiger partial charge is 0.371 e. The van der Waals surface area contributed by atoms with Crippen LogP contribution >= 0.6 is 0 Å². The average Bonchev–Trinajstić information content (AvgIpc) is 2.37. The zero-order valence-corrected chi connectivity index (χ0v) is 12.5. The molecule has 0 amide bonds. The van der Waals surface area contributed by atoms with Crippen molar-refractivity contribution in [1.82, 2.24) is 10.2 Å². The van der Waals surface area contributed by atoms with E-state index in [-0.39, 0.29) is 6.61 Å². The Morgan fingerprint density at radius 2 is 1.90 bits per heavy atom. The van der Waals surface area contributed by atoms with E-state index in [1.807, 2.05) is 0 Å². The second-order valence-corrected chi connectivity index (χ2v) is 5.50. The van der Waals surface area contributed by atoms with Crippen molar-refractivity contribution >= 4 is 0 Å². The van der Waals surface area contributed by atoms with Crippen molar-refractivity contribution in [3.05, 3.63) is 0 Å². The predicted octanol–water partition coefficient (Wildman–Crippen LogP) is 2.81. The molecule has 1 aliphatic rings. The van der Waals surface area contributed by atoms with Crippen LogP contribution in [0.5, 0.6) is 0 Å². The fourth-order valence-corrected chi connectivity index (χ4v) is 2.73. The highest BCUT2D eigenvalue weighted by Gasteiger charge is 2.29. The van der Waals surface area contributed by atoms with Gasteiger partial charge in [-0.3, -0.25) is 4.90 Å². The number of alkyl halides is 3. The second-order valence-electron chi connectivity index (χ2n) is 5.50. The molecule has 0 spiro atoms. The zero-order chi connectivity index (χ0) is 15.0. The van der Waals surface area contributed by atoms with E-state index in [9.17, 15) is 13.2 Å². The molecule has 3 nitrogen and oxygen atoms in total. The molecule has 0 bridgehead atoms. The third-order valence-corrected chi connectivity index (χ3v) is 3.66. The van der Waals surface area contributed by atoms with Gasteiger partial charge in [0.15, 0.2) is 0 Å². The largest absolute Gasteiger partial charge is 0.411 e. The van der Waals surface area contributed by atoms with Gasteiger partial charge >= 0.3 is 6.18 Å². The molecule has 1 heterocycles. The van der Waals surface area contributed by atoms with Gasteiger partial charge < -0.3 is 10.1 Å². The molecule has 1 fully saturated rings. The van der Waals surface area contributed by atoms with E-state index in [2.05, 4.69) is 24.1 Å². The second kappa shape index (κ2) is 8.85. The summed E-state index contributed by atoms with van der Waals surface area (Å²) in [5.74, 6) is 0. The fourth-order valence-electron chi connectivity index (χ4n) is 2.73. The van der Waals surface area contributed by atoms with Crippen molar-refractivity contribution in [3.8, 4) is 0 Å². The number of hydrogen-bond acceptors (Lipinski definition) is 3. The number of rotatable bonds is 8. The molecular formula is C14H27F3N2O. The Kier molecular flexibility index (Phi) is 7.84. The van der Waals surface area contributed by atoms with E-state index in [0.717, 1.165) is 38.8 Å². The van der Waals surface area contributed by atoms with Gasteiger partial charge in [-0.1, -0.05) is 26.7 Å². The van der Waals surface area contributed by atoms with Gasteiger partial charge in [-0.25, -0.2) is 0 Å². The maximum Gasteiger partial charge on any atom is 0.411 e. The molecule has 1 aliphatic heterocycles. The van der Waals surface area contributed by atoms with Gasteiger partial charge in [-0.05, 0) is 12.8 Å². The van der Waals surface area contributed by atoms with E-state index >= 15 is 0 Å². The van der Waals surface area contributed by atoms with Crippen LogP contribution in [0.4, 0.5) is 13.2 Å². The molecule has 0 aromatic heterocycles. The fraction of sp³-hybridized carbons (Fsp3) is 1.00. The van der Waals surface area contributed by atoms with Crippen LogP contribution in [0.2, 0.25) is 0 Å². The minimum Gasteiger partial charge on any atom is -0.371 e. The molecule has 120 valence electrons. The van der Waals surface area contributed by atoms with Crippen LogP contribution in [0.3, 0.4) is 0 Å². The van der Waals surface area contributed by atoms with Crippen LogP contribution in [0.25, 0.3) is 0 Å². The van der Waals surface area contributed by atoms with Gasteiger partial charge in [-0.2, -0.15) is 13.2 Å². The number of nitrogens with zero attached hydrogens (tertiary/aromatic N) is 1. The average molecular weight is 296 g/mol. The molecule has 0 radical (unpaired) electrons. The zero-order valence-electron chi connectivity index (χ0n) is 12.5. The lowest BCUT2D eigenvalue weighted by Crippen LogP contribution is -2.57. The highest BCUT2D eigenvalue weighted by atomic mass is 19.4. The first-order chi connectivity index (χ1) is 9.46. The topological polar surface area (TPSA) is 24.5 Å². The predicted molar refractivity (Wildman–Crippen MR) is 73.8 cm³/mol. The van der Waals surface area contributed by atoms with Crippen LogP contribution in [0.15, 0.2) is 0 Å². The first-order valence-corrected chi connectivity index (χ1v) is 7.58. The molecule has 0 aliphatic carbocycles. The number of hydrogen-bond donors (Lipinski definition) is 1. The Labute approximate surface area is 119 Å². The van der Waals surface area contributed by atoms with Crippen molar-refractivity contribution in [2.24, 2.45) is 0 Å². The summed E-state index contributed by atoms with van der Waals surface area (Å²) in [4.78, 5) is 2.29. The molecule has 0 aromatic carbocycles. The summed E-state index contributed by atoms with van der Waals surface area (Å²) < 4.78 is 40.8. The van der Waals surface area contributed by atoms with Crippen molar-refractivity contribution in [1.29, 1.82) is 0 Å². The van der Waals surface area contributed by atoms with Crippen molar-refractivity contribution < 1.29 is 17.9 Å². The Hall–Kier alpha value is -0.330. The Morgan fingerprint density at radius 3 is 2.50 bits per heavy atom. The molecule has 20 heavy (non-hydrogen) atoms. The van der Waals surface area contributed by atoms with Crippen LogP contribution < -0.4 is 5.32 Å². The Balaban J connectivity index is 2.35. The first-order valence-electron chi connectivity index (χ1n) is 7.58. The molecule has 6 heteroatoms. The van der Waals surface area contributed by atoms with Gasteiger partial charge in [0, 0.05) is 31.7 Å². The minimum atomic E-state index is -4.23. The molecular weight excluding hydrogens is 269 g/mol. The van der Waals surface area contributed by atoms with E-state index < -0.39 is 12.8 Å². The summed E-state index contributed by atoms with van der Waals surface area (Å²) in [6, 6.07) is 0.873. The van der Waals surface area contributed by atoms with Crippen LogP contribution in [0.1, 0.15) is 39.5 Å². The van der Waals surface area contributed by atoms with Gasteiger partial charge in [0.25, 0.3) is 0 Å². The van der Waals surface area contributed by atoms with E-state index in [1.54, 1.807) is 0 Å². The summed E-state index contributed by atoms with van der Waals surface area (Å²) >= 11 is 0. The highest BCUT2D eigenvalue weighted by Crippen LogP contribution is 2.16. The van der Waals surface area contributed by atoms with Gasteiger partial charge in [0.05, 0.1) is 6.61 Å². The van der Waals surface area contributed by atoms with Gasteiger partial charge in [0.2, 0.25) is 0 Å².